The number of hydrogen-bond acceptors (Lipinski definition) is 6. The van der Waals surface area contributed by atoms with E-state index in [0.717, 1.165) is 43.9 Å². The molecule has 0 bridgehead atoms. The number of amides is 1. The van der Waals surface area contributed by atoms with Gasteiger partial charge in [-0.2, -0.15) is 0 Å². The normalized spacial score (nSPS) is 29.4. The Balaban J connectivity index is 1.50. The summed E-state index contributed by atoms with van der Waals surface area (Å²) in [6.45, 7) is 12.8. The van der Waals surface area contributed by atoms with E-state index in [-0.39, 0.29) is 6.09 Å². The Labute approximate surface area is 205 Å². The van der Waals surface area contributed by atoms with Crippen LogP contribution in [0, 0.1) is 17.8 Å². The van der Waals surface area contributed by atoms with Gasteiger partial charge in [-0.25, -0.2) is 4.79 Å². The maximum Gasteiger partial charge on any atom is 0.409 e. The van der Waals surface area contributed by atoms with Crippen molar-refractivity contribution >= 4 is 6.09 Å². The standard InChI is InChI=1S/C27H43N3O4/c1-17(2)9-21-15-29-8-7-20-11-25(32-5)26(33-6)12-23(20)24(29)10-22(21)16-34-27(31)30-13-18(3)28-19(4)14-30/h11-12,17-19,21-22,24,28H,7-10,13-16H2,1-6H3/t18?,19?,21-,22+,24?/m1/s1. The lowest BCUT2D eigenvalue weighted by Gasteiger charge is -2.47. The molecule has 1 aromatic rings. The zero-order chi connectivity index (χ0) is 24.4. The Morgan fingerprint density at radius 3 is 2.38 bits per heavy atom. The lowest BCUT2D eigenvalue weighted by atomic mass is 9.74. The molecular formula is C27H43N3O4. The van der Waals surface area contributed by atoms with Crippen molar-refractivity contribution in [3.8, 4) is 11.5 Å². The smallest absolute Gasteiger partial charge is 0.409 e. The second-order valence-electron chi connectivity index (χ2n) is 11.0. The molecule has 3 heterocycles. The van der Waals surface area contributed by atoms with E-state index in [2.05, 4.69) is 50.0 Å². The van der Waals surface area contributed by atoms with Gasteiger partial charge in [0, 0.05) is 44.3 Å². The fourth-order valence-electron chi connectivity index (χ4n) is 6.33. The van der Waals surface area contributed by atoms with E-state index in [1.54, 1.807) is 14.2 Å². The number of nitrogens with one attached hydrogen (secondary N) is 1. The lowest BCUT2D eigenvalue weighted by Crippen LogP contribution is -2.56. The highest BCUT2D eigenvalue weighted by Gasteiger charge is 2.40. The van der Waals surface area contributed by atoms with Crippen LogP contribution in [-0.4, -0.2) is 75.0 Å². The van der Waals surface area contributed by atoms with Crippen molar-refractivity contribution in [3.05, 3.63) is 23.3 Å². The monoisotopic (exact) mass is 473 g/mol. The molecule has 1 N–H and O–H groups in total. The lowest BCUT2D eigenvalue weighted by molar-refractivity contribution is 0.00307. The molecule has 7 heteroatoms. The third-order valence-electron chi connectivity index (χ3n) is 7.79. The number of nitrogens with zero attached hydrogens (tertiary/aromatic N) is 2. The van der Waals surface area contributed by atoms with Gasteiger partial charge in [-0.15, -0.1) is 0 Å². The number of carbonyl (C=O) groups is 1. The van der Waals surface area contributed by atoms with Crippen molar-refractivity contribution in [2.24, 2.45) is 17.8 Å². The number of hydrogen-bond donors (Lipinski definition) is 1. The van der Waals surface area contributed by atoms with Gasteiger partial charge in [0.15, 0.2) is 11.5 Å². The number of piperazine rings is 1. The molecule has 2 saturated heterocycles. The molecule has 3 aliphatic heterocycles. The molecule has 0 aromatic heterocycles. The molecule has 34 heavy (non-hydrogen) atoms. The van der Waals surface area contributed by atoms with Crippen molar-refractivity contribution < 1.29 is 19.0 Å². The summed E-state index contributed by atoms with van der Waals surface area (Å²) in [5.41, 5.74) is 2.69. The molecule has 190 valence electrons. The van der Waals surface area contributed by atoms with E-state index in [4.69, 9.17) is 14.2 Å². The molecule has 4 rings (SSSR count). The Kier molecular flexibility index (Phi) is 7.93. The van der Waals surface area contributed by atoms with Crippen LogP contribution in [0.1, 0.15) is 57.7 Å². The third kappa shape index (κ3) is 5.46. The Bertz CT molecular complexity index is 851. The van der Waals surface area contributed by atoms with Gasteiger partial charge in [0.05, 0.1) is 20.8 Å². The molecule has 0 saturated carbocycles. The zero-order valence-electron chi connectivity index (χ0n) is 21.8. The quantitative estimate of drug-likeness (QED) is 0.671. The van der Waals surface area contributed by atoms with Crippen molar-refractivity contribution in [1.29, 1.82) is 0 Å². The summed E-state index contributed by atoms with van der Waals surface area (Å²) in [6, 6.07) is 5.22. The molecule has 0 spiro atoms. The van der Waals surface area contributed by atoms with Gasteiger partial charge in [0.1, 0.15) is 0 Å². The van der Waals surface area contributed by atoms with Crippen molar-refractivity contribution in [3.63, 3.8) is 0 Å². The molecule has 0 aliphatic carbocycles. The van der Waals surface area contributed by atoms with Gasteiger partial charge in [0.25, 0.3) is 0 Å². The topological polar surface area (TPSA) is 63.3 Å². The molecule has 1 amide bonds. The summed E-state index contributed by atoms with van der Waals surface area (Å²) in [6.07, 6.45) is 3.02. The largest absolute Gasteiger partial charge is 0.493 e. The second kappa shape index (κ2) is 10.7. The fraction of sp³-hybridized carbons (Fsp3) is 0.741. The first-order valence-electron chi connectivity index (χ1n) is 13.0. The number of fused-ring (bicyclic) bond motifs is 3. The average molecular weight is 474 g/mol. The van der Waals surface area contributed by atoms with E-state index in [1.807, 2.05) is 4.90 Å². The minimum absolute atomic E-state index is 0.165. The maximum atomic E-state index is 12.9. The molecule has 2 fully saturated rings. The van der Waals surface area contributed by atoms with Crippen LogP contribution in [0.2, 0.25) is 0 Å². The molecule has 7 nitrogen and oxygen atoms in total. The predicted molar refractivity (Wildman–Crippen MR) is 134 cm³/mol. The van der Waals surface area contributed by atoms with Gasteiger partial charge >= 0.3 is 6.09 Å². The highest BCUT2D eigenvalue weighted by Crippen LogP contribution is 2.45. The van der Waals surface area contributed by atoms with Crippen LogP contribution in [0.5, 0.6) is 11.5 Å². The van der Waals surface area contributed by atoms with E-state index >= 15 is 0 Å². The van der Waals surface area contributed by atoms with Crippen LogP contribution in [0.3, 0.4) is 0 Å². The summed E-state index contributed by atoms with van der Waals surface area (Å²) in [7, 11) is 3.39. The molecule has 3 unspecified atom stereocenters. The van der Waals surface area contributed by atoms with E-state index in [0.29, 0.717) is 55.6 Å². The first-order chi connectivity index (χ1) is 16.3. The summed E-state index contributed by atoms with van der Waals surface area (Å²) < 4.78 is 17.1. The van der Waals surface area contributed by atoms with Gasteiger partial charge in [-0.3, -0.25) is 4.90 Å². The Morgan fingerprint density at radius 2 is 1.74 bits per heavy atom. The minimum Gasteiger partial charge on any atom is -0.493 e. The number of carbonyl (C=O) groups excluding carboxylic acids is 1. The maximum absolute atomic E-state index is 12.9. The van der Waals surface area contributed by atoms with Crippen molar-refractivity contribution in [1.82, 2.24) is 15.1 Å². The molecule has 3 aliphatic rings. The first-order valence-corrected chi connectivity index (χ1v) is 13.0. The van der Waals surface area contributed by atoms with Crippen LogP contribution in [0.4, 0.5) is 4.79 Å². The van der Waals surface area contributed by atoms with Gasteiger partial charge < -0.3 is 24.4 Å². The SMILES string of the molecule is COc1cc2c(cc1OC)C1C[C@@H](COC(=O)N3CC(C)NC(C)C3)[C@H](CC(C)C)CN1CC2. The van der Waals surface area contributed by atoms with Crippen molar-refractivity contribution in [2.45, 2.75) is 65.1 Å². The molecule has 5 atom stereocenters. The van der Waals surface area contributed by atoms with E-state index in [1.165, 1.54) is 11.1 Å². The number of rotatable bonds is 6. The summed E-state index contributed by atoms with van der Waals surface area (Å²) in [5, 5.41) is 3.48. The van der Waals surface area contributed by atoms with Gasteiger partial charge in [-0.05, 0) is 74.1 Å². The third-order valence-corrected chi connectivity index (χ3v) is 7.79. The average Bonchev–Trinajstić information content (AvgIpc) is 2.80. The van der Waals surface area contributed by atoms with Gasteiger partial charge in [0.2, 0.25) is 0 Å². The predicted octanol–water partition coefficient (Wildman–Crippen LogP) is 4.10. The van der Waals surface area contributed by atoms with Crippen LogP contribution in [0.25, 0.3) is 0 Å². The van der Waals surface area contributed by atoms with Crippen LogP contribution >= 0.6 is 0 Å². The molecule has 0 radical (unpaired) electrons. The fourth-order valence-corrected chi connectivity index (χ4v) is 6.33. The van der Waals surface area contributed by atoms with Crippen molar-refractivity contribution in [2.75, 3.05) is 47.0 Å². The first kappa shape index (κ1) is 25.1. The highest BCUT2D eigenvalue weighted by molar-refractivity contribution is 5.68. The van der Waals surface area contributed by atoms with Crippen LogP contribution < -0.4 is 14.8 Å². The van der Waals surface area contributed by atoms with E-state index in [9.17, 15) is 4.79 Å². The van der Waals surface area contributed by atoms with Crippen LogP contribution in [0.15, 0.2) is 12.1 Å². The number of methoxy groups -OCH3 is 2. The van der Waals surface area contributed by atoms with Gasteiger partial charge in [-0.1, -0.05) is 13.8 Å². The second-order valence-corrected chi connectivity index (χ2v) is 11.0. The Morgan fingerprint density at radius 1 is 1.06 bits per heavy atom. The molecular weight excluding hydrogens is 430 g/mol. The minimum atomic E-state index is -0.165. The van der Waals surface area contributed by atoms with Crippen LogP contribution in [-0.2, 0) is 11.2 Å². The zero-order valence-corrected chi connectivity index (χ0v) is 21.8. The number of benzene rings is 1. The summed E-state index contributed by atoms with van der Waals surface area (Å²) in [4.78, 5) is 17.4. The summed E-state index contributed by atoms with van der Waals surface area (Å²) in [5.74, 6) is 3.09. The Hall–Kier alpha value is -1.99. The van der Waals surface area contributed by atoms with E-state index < -0.39 is 0 Å². The number of piperidine rings is 1. The molecule has 1 aromatic carbocycles. The summed E-state index contributed by atoms with van der Waals surface area (Å²) >= 11 is 0. The number of ether oxygens (including phenoxy) is 3. The highest BCUT2D eigenvalue weighted by atomic mass is 16.6.